The van der Waals surface area contributed by atoms with E-state index in [0.717, 1.165) is 24.9 Å². The van der Waals surface area contributed by atoms with E-state index in [1.54, 1.807) is 10.6 Å². The maximum atomic E-state index is 13.0. The monoisotopic (exact) mass is 349 g/mol. The quantitative estimate of drug-likeness (QED) is 0.727. The maximum Gasteiger partial charge on any atom is 0.283 e. The lowest BCUT2D eigenvalue weighted by molar-refractivity contribution is 0.491. The fourth-order valence-electron chi connectivity index (χ4n) is 3.42. The Morgan fingerprint density at radius 3 is 3.04 bits per heavy atom. The number of nitrogens with one attached hydrogen (secondary N) is 1. The molecule has 1 atom stereocenters. The molecule has 0 amide bonds. The minimum Gasteiger partial charge on any atom is -0.341 e. The van der Waals surface area contributed by atoms with E-state index in [-0.39, 0.29) is 18.1 Å². The average Bonchev–Trinajstić information content (AvgIpc) is 3.13. The molecule has 0 aliphatic carbocycles. The van der Waals surface area contributed by atoms with Gasteiger partial charge in [-0.1, -0.05) is 18.2 Å². The zero-order valence-electron chi connectivity index (χ0n) is 14.2. The van der Waals surface area contributed by atoms with Gasteiger partial charge in [0, 0.05) is 19.1 Å². The van der Waals surface area contributed by atoms with Gasteiger partial charge >= 0.3 is 0 Å². The van der Waals surface area contributed by atoms with Crippen LogP contribution in [0.1, 0.15) is 24.0 Å². The van der Waals surface area contributed by atoms with Gasteiger partial charge in [0.15, 0.2) is 11.2 Å². The third kappa shape index (κ3) is 2.82. The molecule has 1 fully saturated rings. The van der Waals surface area contributed by atoms with Gasteiger partial charge in [-0.25, -0.2) is 4.98 Å². The molecule has 0 radical (unpaired) electrons. The summed E-state index contributed by atoms with van der Waals surface area (Å²) >= 11 is 0. The molecule has 0 saturated carbocycles. The molecule has 1 aliphatic heterocycles. The van der Waals surface area contributed by atoms with Gasteiger partial charge < -0.3 is 15.6 Å². The van der Waals surface area contributed by atoms with E-state index >= 15 is 0 Å². The van der Waals surface area contributed by atoms with E-state index in [2.05, 4.69) is 21.0 Å². The average molecular weight is 349 g/mol. The number of nitrogens with two attached hydrogens (primary N) is 1. The molecular weight excluding hydrogens is 330 g/mol. The fourth-order valence-corrected chi connectivity index (χ4v) is 3.42. The van der Waals surface area contributed by atoms with Gasteiger partial charge in [0.1, 0.15) is 0 Å². The Labute approximate surface area is 149 Å². The largest absolute Gasteiger partial charge is 0.341 e. The number of aromatic nitrogens is 4. The van der Waals surface area contributed by atoms with Gasteiger partial charge in [0.25, 0.3) is 5.56 Å². The number of H-pyrrole nitrogens is 1. The normalized spacial score (nSPS) is 17.4. The molecule has 0 spiro atoms. The van der Waals surface area contributed by atoms with Gasteiger partial charge in [-0.2, -0.15) is 10.2 Å². The van der Waals surface area contributed by atoms with Crippen LogP contribution >= 0.6 is 0 Å². The highest BCUT2D eigenvalue weighted by molar-refractivity contribution is 5.70. The number of nitriles is 1. The number of anilines is 1. The van der Waals surface area contributed by atoms with Gasteiger partial charge in [-0.3, -0.25) is 9.36 Å². The van der Waals surface area contributed by atoms with Crippen molar-refractivity contribution in [1.29, 1.82) is 5.26 Å². The highest BCUT2D eigenvalue weighted by atomic mass is 16.1. The Kier molecular flexibility index (Phi) is 4.14. The molecule has 8 heteroatoms. The van der Waals surface area contributed by atoms with Crippen LogP contribution < -0.4 is 16.2 Å². The van der Waals surface area contributed by atoms with Crippen LogP contribution in [0.3, 0.4) is 0 Å². The molecule has 1 unspecified atom stereocenters. The Bertz CT molecular complexity index is 1050. The summed E-state index contributed by atoms with van der Waals surface area (Å²) < 4.78 is 1.59. The van der Waals surface area contributed by atoms with Crippen LogP contribution in [-0.4, -0.2) is 38.7 Å². The van der Waals surface area contributed by atoms with Crippen molar-refractivity contribution >= 4 is 17.1 Å². The Balaban J connectivity index is 1.86. The van der Waals surface area contributed by atoms with E-state index in [9.17, 15) is 10.1 Å². The van der Waals surface area contributed by atoms with Crippen molar-refractivity contribution < 1.29 is 0 Å². The summed E-state index contributed by atoms with van der Waals surface area (Å²) in [6, 6.07) is 9.51. The maximum absolute atomic E-state index is 13.0. The third-order valence-electron chi connectivity index (χ3n) is 4.73. The van der Waals surface area contributed by atoms with Crippen LogP contribution in [0.4, 0.5) is 5.95 Å². The molecule has 3 N–H and O–H groups in total. The van der Waals surface area contributed by atoms with E-state index in [0.29, 0.717) is 29.2 Å². The van der Waals surface area contributed by atoms with Gasteiger partial charge in [-0.15, -0.1) is 0 Å². The van der Waals surface area contributed by atoms with Crippen LogP contribution in [0.15, 0.2) is 35.4 Å². The standard InChI is InChI=1S/C18H19N7O/c19-8-12-4-1-2-5-13(12)9-25-17(26)15-16(22-11-21-15)23-18(25)24-7-3-6-14(20)10-24/h1-2,4-5,11,14H,3,6-7,9-10,20H2,(H,21,22). The van der Waals surface area contributed by atoms with Crippen molar-refractivity contribution in [3.8, 4) is 6.07 Å². The van der Waals surface area contributed by atoms with Crippen molar-refractivity contribution in [3.05, 3.63) is 52.1 Å². The summed E-state index contributed by atoms with van der Waals surface area (Å²) in [5, 5.41) is 9.36. The summed E-state index contributed by atoms with van der Waals surface area (Å²) in [5.41, 5.74) is 7.98. The molecule has 0 bridgehead atoms. The van der Waals surface area contributed by atoms with Gasteiger partial charge in [0.05, 0.1) is 24.5 Å². The number of imidazole rings is 1. The zero-order valence-corrected chi connectivity index (χ0v) is 14.2. The minimum atomic E-state index is -0.224. The van der Waals surface area contributed by atoms with Gasteiger partial charge in [-0.05, 0) is 24.5 Å². The molecule has 1 saturated heterocycles. The van der Waals surface area contributed by atoms with E-state index in [1.165, 1.54) is 6.33 Å². The number of rotatable bonds is 3. The molecular formula is C18H19N7O. The second kappa shape index (κ2) is 6.61. The lowest BCUT2D eigenvalue weighted by Crippen LogP contribution is -2.45. The number of piperidine rings is 1. The van der Waals surface area contributed by atoms with Crippen LogP contribution in [0, 0.1) is 11.3 Å². The van der Waals surface area contributed by atoms with E-state index in [4.69, 9.17) is 5.73 Å². The highest BCUT2D eigenvalue weighted by Gasteiger charge is 2.23. The van der Waals surface area contributed by atoms with Crippen molar-refractivity contribution in [2.24, 2.45) is 5.73 Å². The molecule has 2 aromatic heterocycles. The number of aromatic amines is 1. The molecule has 4 rings (SSSR count). The molecule has 1 aromatic carbocycles. The minimum absolute atomic E-state index is 0.0537. The van der Waals surface area contributed by atoms with Crippen molar-refractivity contribution in [3.63, 3.8) is 0 Å². The third-order valence-corrected chi connectivity index (χ3v) is 4.73. The smallest absolute Gasteiger partial charge is 0.283 e. The topological polar surface area (TPSA) is 117 Å². The van der Waals surface area contributed by atoms with Crippen LogP contribution in [-0.2, 0) is 6.54 Å². The molecule has 26 heavy (non-hydrogen) atoms. The number of benzene rings is 1. The first-order valence-electron chi connectivity index (χ1n) is 8.60. The van der Waals surface area contributed by atoms with Crippen molar-refractivity contribution in [2.45, 2.75) is 25.4 Å². The summed E-state index contributed by atoms with van der Waals surface area (Å²) in [6.45, 7) is 1.70. The number of hydrogen-bond donors (Lipinski definition) is 2. The number of hydrogen-bond acceptors (Lipinski definition) is 6. The Morgan fingerprint density at radius 2 is 2.23 bits per heavy atom. The lowest BCUT2D eigenvalue weighted by Gasteiger charge is -2.32. The van der Waals surface area contributed by atoms with Crippen LogP contribution in [0.2, 0.25) is 0 Å². The van der Waals surface area contributed by atoms with Gasteiger partial charge in [0.2, 0.25) is 5.95 Å². The van der Waals surface area contributed by atoms with E-state index in [1.807, 2.05) is 23.1 Å². The summed E-state index contributed by atoms with van der Waals surface area (Å²) in [5.74, 6) is 0.564. The van der Waals surface area contributed by atoms with Crippen molar-refractivity contribution in [2.75, 3.05) is 18.0 Å². The molecule has 8 nitrogen and oxygen atoms in total. The van der Waals surface area contributed by atoms with E-state index < -0.39 is 0 Å². The summed E-state index contributed by atoms with van der Waals surface area (Å²) in [4.78, 5) is 26.7. The summed E-state index contributed by atoms with van der Waals surface area (Å²) in [6.07, 6.45) is 3.38. The lowest BCUT2D eigenvalue weighted by atomic mass is 10.1. The fraction of sp³-hybridized carbons (Fsp3) is 0.333. The molecule has 3 aromatic rings. The SMILES string of the molecule is N#Cc1ccccc1Cn1c(N2CCCC(N)C2)nc2[nH]cnc2c1=O. The van der Waals surface area contributed by atoms with Crippen molar-refractivity contribution in [1.82, 2.24) is 19.5 Å². The summed E-state index contributed by atoms with van der Waals surface area (Å²) in [7, 11) is 0. The molecule has 132 valence electrons. The molecule has 3 heterocycles. The first-order valence-corrected chi connectivity index (χ1v) is 8.60. The zero-order chi connectivity index (χ0) is 18.1. The Morgan fingerprint density at radius 1 is 1.38 bits per heavy atom. The number of nitrogens with zero attached hydrogens (tertiary/aromatic N) is 5. The predicted molar refractivity (Wildman–Crippen MR) is 97.8 cm³/mol. The predicted octanol–water partition coefficient (Wildman–Crippen LogP) is 0.967. The van der Waals surface area contributed by atoms with Crippen LogP contribution in [0.5, 0.6) is 0 Å². The molecule has 1 aliphatic rings. The first-order chi connectivity index (χ1) is 12.7. The first kappa shape index (κ1) is 16.3. The highest BCUT2D eigenvalue weighted by Crippen LogP contribution is 2.20. The van der Waals surface area contributed by atoms with Crippen LogP contribution in [0.25, 0.3) is 11.2 Å². The second-order valence-electron chi connectivity index (χ2n) is 6.52. The second-order valence-corrected chi connectivity index (χ2v) is 6.52. The number of fused-ring (bicyclic) bond motifs is 1. The Hall–Kier alpha value is -3.18.